The highest BCUT2D eigenvalue weighted by molar-refractivity contribution is 7.07. The molecule has 0 aliphatic heterocycles. The number of ether oxygens (including phenoxy) is 1. The Morgan fingerprint density at radius 1 is 1.35 bits per heavy atom. The largest absolute Gasteiger partial charge is 0.428 e. The first-order valence-electron chi connectivity index (χ1n) is 5.34. The van der Waals surface area contributed by atoms with Crippen LogP contribution in [0.1, 0.15) is 31.2 Å². The van der Waals surface area contributed by atoms with Crippen molar-refractivity contribution in [2.45, 2.75) is 26.7 Å². The van der Waals surface area contributed by atoms with E-state index in [0.29, 0.717) is 21.9 Å². The molecular weight excluding hydrogens is 256 g/mol. The molecule has 0 saturated heterocycles. The van der Waals surface area contributed by atoms with Crippen molar-refractivity contribution in [1.82, 2.24) is 9.36 Å². The normalized spacial score (nSPS) is 10.9. The fourth-order valence-electron chi connectivity index (χ4n) is 1.28. The molecule has 2 aromatic rings. The van der Waals surface area contributed by atoms with E-state index < -0.39 is 0 Å². The topological polar surface area (TPSA) is 35.0 Å². The van der Waals surface area contributed by atoms with Crippen LogP contribution in [0.5, 0.6) is 10.9 Å². The number of aromatic nitrogens is 2. The lowest BCUT2D eigenvalue weighted by Crippen LogP contribution is -1.90. The van der Waals surface area contributed by atoms with E-state index in [2.05, 4.69) is 9.36 Å². The molecule has 0 aliphatic carbocycles. The van der Waals surface area contributed by atoms with E-state index in [4.69, 9.17) is 16.3 Å². The summed E-state index contributed by atoms with van der Waals surface area (Å²) in [5.74, 6) is 1.73. The predicted octanol–water partition coefficient (Wildman–Crippen LogP) is 4.42. The molecule has 0 bridgehead atoms. The molecule has 1 aromatic carbocycles. The molecule has 0 fully saturated rings. The standard InChI is InChI=1S/C12H13ClN2OS/c1-7(2)11-14-12(17-15-11)16-10-6-8(3)4-5-9(10)13/h4-7H,1-3H3. The minimum Gasteiger partial charge on any atom is -0.428 e. The minimum atomic E-state index is 0.302. The third-order valence-corrected chi connectivity index (χ3v) is 3.14. The highest BCUT2D eigenvalue weighted by Crippen LogP contribution is 2.31. The van der Waals surface area contributed by atoms with Gasteiger partial charge >= 0.3 is 0 Å². The van der Waals surface area contributed by atoms with Gasteiger partial charge in [-0.2, -0.15) is 9.36 Å². The Morgan fingerprint density at radius 2 is 2.12 bits per heavy atom. The number of benzene rings is 1. The third kappa shape index (κ3) is 2.96. The van der Waals surface area contributed by atoms with Crippen LogP contribution in [-0.2, 0) is 0 Å². The molecule has 1 aromatic heterocycles. The van der Waals surface area contributed by atoms with E-state index in [9.17, 15) is 0 Å². The highest BCUT2D eigenvalue weighted by atomic mass is 35.5. The smallest absolute Gasteiger partial charge is 0.298 e. The van der Waals surface area contributed by atoms with E-state index in [-0.39, 0.29) is 0 Å². The van der Waals surface area contributed by atoms with Crippen LogP contribution in [0.25, 0.3) is 0 Å². The van der Waals surface area contributed by atoms with E-state index in [1.165, 1.54) is 11.5 Å². The summed E-state index contributed by atoms with van der Waals surface area (Å²) in [5, 5.41) is 1.11. The molecule has 0 N–H and O–H groups in total. The molecule has 0 saturated carbocycles. The van der Waals surface area contributed by atoms with Gasteiger partial charge in [0.1, 0.15) is 11.6 Å². The van der Waals surface area contributed by atoms with Gasteiger partial charge in [-0.25, -0.2) is 0 Å². The van der Waals surface area contributed by atoms with Gasteiger partial charge in [-0.3, -0.25) is 0 Å². The first-order valence-corrected chi connectivity index (χ1v) is 6.49. The van der Waals surface area contributed by atoms with Gasteiger partial charge in [-0.05, 0) is 24.6 Å². The first kappa shape index (κ1) is 12.3. The summed E-state index contributed by atoms with van der Waals surface area (Å²) in [6, 6.07) is 5.64. The van der Waals surface area contributed by atoms with E-state index in [1.807, 2.05) is 39.0 Å². The van der Waals surface area contributed by atoms with Crippen LogP contribution in [0.3, 0.4) is 0 Å². The van der Waals surface area contributed by atoms with Crippen LogP contribution in [0.15, 0.2) is 18.2 Å². The van der Waals surface area contributed by atoms with Crippen LogP contribution >= 0.6 is 23.1 Å². The van der Waals surface area contributed by atoms with Crippen LogP contribution in [0, 0.1) is 6.92 Å². The van der Waals surface area contributed by atoms with Crippen LogP contribution in [-0.4, -0.2) is 9.36 Å². The molecule has 17 heavy (non-hydrogen) atoms. The van der Waals surface area contributed by atoms with Gasteiger partial charge in [0.05, 0.1) is 5.02 Å². The van der Waals surface area contributed by atoms with Gasteiger partial charge in [-0.15, -0.1) is 0 Å². The van der Waals surface area contributed by atoms with Gasteiger partial charge in [0.15, 0.2) is 0 Å². The molecule has 3 nitrogen and oxygen atoms in total. The fraction of sp³-hybridized carbons (Fsp3) is 0.333. The maximum absolute atomic E-state index is 6.05. The lowest BCUT2D eigenvalue weighted by Gasteiger charge is -2.04. The Morgan fingerprint density at radius 3 is 2.76 bits per heavy atom. The molecule has 0 spiro atoms. The van der Waals surface area contributed by atoms with Crippen molar-refractivity contribution in [2.75, 3.05) is 0 Å². The Bertz CT molecular complexity index is 525. The van der Waals surface area contributed by atoms with Crippen molar-refractivity contribution in [3.8, 4) is 10.9 Å². The quantitative estimate of drug-likeness (QED) is 0.827. The number of rotatable bonds is 3. The lowest BCUT2D eigenvalue weighted by atomic mass is 10.2. The van der Waals surface area contributed by atoms with Crippen molar-refractivity contribution < 1.29 is 4.74 Å². The molecule has 90 valence electrons. The molecule has 5 heteroatoms. The summed E-state index contributed by atoms with van der Waals surface area (Å²) in [5.41, 5.74) is 1.10. The van der Waals surface area contributed by atoms with Crippen molar-refractivity contribution in [1.29, 1.82) is 0 Å². The minimum absolute atomic E-state index is 0.302. The maximum Gasteiger partial charge on any atom is 0.298 e. The average Bonchev–Trinajstić information content (AvgIpc) is 2.72. The second-order valence-corrected chi connectivity index (χ2v) is 5.23. The summed E-state index contributed by atoms with van der Waals surface area (Å²) in [6.45, 7) is 6.08. The van der Waals surface area contributed by atoms with Crippen molar-refractivity contribution in [3.63, 3.8) is 0 Å². The Labute approximate surface area is 110 Å². The van der Waals surface area contributed by atoms with Gasteiger partial charge in [0.25, 0.3) is 5.19 Å². The molecule has 2 rings (SSSR count). The number of hydrogen-bond donors (Lipinski definition) is 0. The summed E-state index contributed by atoms with van der Waals surface area (Å²) >= 11 is 7.29. The first-order chi connectivity index (χ1) is 8.06. The average molecular weight is 269 g/mol. The molecule has 0 aliphatic rings. The second-order valence-electron chi connectivity index (χ2n) is 4.11. The summed E-state index contributed by atoms with van der Waals surface area (Å²) in [4.78, 5) is 4.30. The predicted molar refractivity (Wildman–Crippen MR) is 70.3 cm³/mol. The van der Waals surface area contributed by atoms with E-state index in [1.54, 1.807) is 0 Å². The molecule has 1 heterocycles. The van der Waals surface area contributed by atoms with Crippen LogP contribution < -0.4 is 4.74 Å². The molecule has 0 unspecified atom stereocenters. The van der Waals surface area contributed by atoms with Crippen LogP contribution in [0.4, 0.5) is 0 Å². The van der Waals surface area contributed by atoms with Gasteiger partial charge in [0, 0.05) is 17.5 Å². The van der Waals surface area contributed by atoms with E-state index in [0.717, 1.165) is 11.4 Å². The summed E-state index contributed by atoms with van der Waals surface area (Å²) < 4.78 is 9.86. The SMILES string of the molecule is Cc1ccc(Cl)c(Oc2nc(C(C)C)ns2)c1. The van der Waals surface area contributed by atoms with Gasteiger partial charge < -0.3 is 4.74 Å². The zero-order valence-electron chi connectivity index (χ0n) is 9.90. The van der Waals surface area contributed by atoms with E-state index >= 15 is 0 Å². The maximum atomic E-state index is 6.05. The second kappa shape index (κ2) is 5.02. The van der Waals surface area contributed by atoms with Crippen LogP contribution in [0.2, 0.25) is 5.02 Å². The lowest BCUT2D eigenvalue weighted by molar-refractivity contribution is 0.476. The summed E-state index contributed by atoms with van der Waals surface area (Å²) in [7, 11) is 0. The zero-order chi connectivity index (χ0) is 12.4. The Kier molecular flexibility index (Phi) is 3.64. The zero-order valence-corrected chi connectivity index (χ0v) is 11.5. The highest BCUT2D eigenvalue weighted by Gasteiger charge is 2.11. The van der Waals surface area contributed by atoms with Gasteiger partial charge in [-0.1, -0.05) is 31.5 Å². The number of aryl methyl sites for hydroxylation is 1. The summed E-state index contributed by atoms with van der Waals surface area (Å²) in [6.07, 6.45) is 0. The molecular formula is C12H13ClN2OS. The number of hydrogen-bond acceptors (Lipinski definition) is 4. The monoisotopic (exact) mass is 268 g/mol. The van der Waals surface area contributed by atoms with Crippen molar-refractivity contribution in [2.24, 2.45) is 0 Å². The number of nitrogens with zero attached hydrogens (tertiary/aromatic N) is 2. The van der Waals surface area contributed by atoms with Crippen molar-refractivity contribution >= 4 is 23.1 Å². The molecule has 0 radical (unpaired) electrons. The Balaban J connectivity index is 2.22. The molecule has 0 atom stereocenters. The Hall–Kier alpha value is -1.13. The third-order valence-electron chi connectivity index (χ3n) is 2.22. The number of halogens is 1. The van der Waals surface area contributed by atoms with Gasteiger partial charge in [0.2, 0.25) is 0 Å². The van der Waals surface area contributed by atoms with Crippen molar-refractivity contribution in [3.05, 3.63) is 34.6 Å². The fourth-order valence-corrected chi connectivity index (χ4v) is 2.12. The molecule has 0 amide bonds.